The van der Waals surface area contributed by atoms with Crippen LogP contribution in [0.25, 0.3) is 11.3 Å². The predicted octanol–water partition coefficient (Wildman–Crippen LogP) is 1.91. The Kier molecular flexibility index (Phi) is 2.68. The largest absolute Gasteiger partial charge is 0.384 e. The van der Waals surface area contributed by atoms with Crippen molar-refractivity contribution in [1.29, 1.82) is 0 Å². The first-order valence-corrected chi connectivity index (χ1v) is 4.77. The average Bonchev–Trinajstić information content (AvgIpc) is 2.29. The van der Waals surface area contributed by atoms with Gasteiger partial charge in [0.15, 0.2) is 0 Å². The molecule has 0 aliphatic rings. The Bertz CT molecular complexity index is 496. The van der Waals surface area contributed by atoms with Gasteiger partial charge in [0.1, 0.15) is 11.6 Å². The fourth-order valence-electron chi connectivity index (χ4n) is 1.35. The van der Waals surface area contributed by atoms with Crippen LogP contribution in [0, 0.1) is 5.82 Å². The lowest BCUT2D eigenvalue weighted by molar-refractivity contribution is 0.628. The van der Waals surface area contributed by atoms with Gasteiger partial charge in [0.25, 0.3) is 0 Å². The first-order chi connectivity index (χ1) is 7.69. The van der Waals surface area contributed by atoms with Gasteiger partial charge >= 0.3 is 0 Å². The Morgan fingerprint density at radius 2 is 1.88 bits per heavy atom. The molecular formula is C11H11FN4. The number of nitrogens with zero attached hydrogens (tertiary/aromatic N) is 2. The molecule has 5 heteroatoms. The van der Waals surface area contributed by atoms with E-state index >= 15 is 0 Å². The van der Waals surface area contributed by atoms with Gasteiger partial charge in [-0.15, -0.1) is 0 Å². The lowest BCUT2D eigenvalue weighted by atomic mass is 10.1. The number of aromatic nitrogens is 2. The molecule has 0 unspecified atom stereocenters. The Balaban J connectivity index is 2.47. The average molecular weight is 218 g/mol. The molecule has 0 fully saturated rings. The number of nitrogens with two attached hydrogens (primary N) is 1. The molecule has 1 heterocycles. The summed E-state index contributed by atoms with van der Waals surface area (Å²) >= 11 is 0. The summed E-state index contributed by atoms with van der Waals surface area (Å²) in [4.78, 5) is 8.20. The molecule has 1 aromatic heterocycles. The number of benzene rings is 1. The van der Waals surface area contributed by atoms with Crippen LogP contribution in [0.5, 0.6) is 0 Å². The minimum absolute atomic E-state index is 0.278. The molecular weight excluding hydrogens is 207 g/mol. The quantitative estimate of drug-likeness (QED) is 0.808. The van der Waals surface area contributed by atoms with Gasteiger partial charge in [-0.3, -0.25) is 0 Å². The molecule has 0 spiro atoms. The van der Waals surface area contributed by atoms with Crippen LogP contribution in [0.2, 0.25) is 0 Å². The van der Waals surface area contributed by atoms with E-state index < -0.39 is 0 Å². The number of hydrogen-bond donors (Lipinski definition) is 2. The van der Waals surface area contributed by atoms with Crippen molar-refractivity contribution < 1.29 is 4.39 Å². The van der Waals surface area contributed by atoms with Crippen LogP contribution in [0.4, 0.5) is 16.2 Å². The third-order valence-corrected chi connectivity index (χ3v) is 2.11. The van der Waals surface area contributed by atoms with Crippen molar-refractivity contribution in [2.45, 2.75) is 0 Å². The van der Waals surface area contributed by atoms with Crippen LogP contribution in [0.1, 0.15) is 0 Å². The summed E-state index contributed by atoms with van der Waals surface area (Å²) in [5.41, 5.74) is 7.10. The molecule has 0 amide bonds. The van der Waals surface area contributed by atoms with Crippen LogP contribution in [0.15, 0.2) is 30.3 Å². The van der Waals surface area contributed by atoms with Crippen LogP contribution in [0.3, 0.4) is 0 Å². The van der Waals surface area contributed by atoms with E-state index in [1.807, 2.05) is 0 Å². The molecule has 0 saturated carbocycles. The summed E-state index contributed by atoms with van der Waals surface area (Å²) in [6, 6.07) is 7.71. The Morgan fingerprint density at radius 1 is 1.19 bits per heavy atom. The molecule has 0 radical (unpaired) electrons. The second-order valence-electron chi connectivity index (χ2n) is 3.26. The smallest absolute Gasteiger partial charge is 0.224 e. The van der Waals surface area contributed by atoms with Crippen LogP contribution >= 0.6 is 0 Å². The van der Waals surface area contributed by atoms with Crippen molar-refractivity contribution in [3.63, 3.8) is 0 Å². The molecule has 1 aromatic carbocycles. The number of nitrogen functional groups attached to an aromatic ring is 1. The van der Waals surface area contributed by atoms with Crippen molar-refractivity contribution in [3.8, 4) is 11.3 Å². The Labute approximate surface area is 92.3 Å². The highest BCUT2D eigenvalue weighted by Gasteiger charge is 2.03. The van der Waals surface area contributed by atoms with Gasteiger partial charge in [-0.05, 0) is 24.3 Å². The van der Waals surface area contributed by atoms with E-state index in [2.05, 4.69) is 15.3 Å². The van der Waals surface area contributed by atoms with Gasteiger partial charge in [0.05, 0.1) is 5.69 Å². The fourth-order valence-corrected chi connectivity index (χ4v) is 1.35. The molecule has 2 aromatic rings. The summed E-state index contributed by atoms with van der Waals surface area (Å²) in [6.07, 6.45) is 0. The molecule has 0 saturated heterocycles. The van der Waals surface area contributed by atoms with E-state index in [0.29, 0.717) is 17.5 Å². The SMILES string of the molecule is CNc1nc(N)cc(-c2ccc(F)cc2)n1. The van der Waals surface area contributed by atoms with Gasteiger partial charge in [-0.2, -0.15) is 4.98 Å². The van der Waals surface area contributed by atoms with E-state index in [4.69, 9.17) is 5.73 Å². The van der Waals surface area contributed by atoms with Crippen molar-refractivity contribution >= 4 is 11.8 Å². The van der Waals surface area contributed by atoms with Gasteiger partial charge in [-0.25, -0.2) is 9.37 Å². The summed E-state index contributed by atoms with van der Waals surface area (Å²) < 4.78 is 12.8. The molecule has 3 N–H and O–H groups in total. The zero-order valence-corrected chi connectivity index (χ0v) is 8.74. The molecule has 4 nitrogen and oxygen atoms in total. The third-order valence-electron chi connectivity index (χ3n) is 2.11. The first-order valence-electron chi connectivity index (χ1n) is 4.77. The normalized spacial score (nSPS) is 10.1. The molecule has 2 rings (SSSR count). The van der Waals surface area contributed by atoms with Crippen molar-refractivity contribution in [3.05, 3.63) is 36.1 Å². The third kappa shape index (κ3) is 2.08. The maximum Gasteiger partial charge on any atom is 0.224 e. The van der Waals surface area contributed by atoms with Crippen LogP contribution < -0.4 is 11.1 Å². The number of hydrogen-bond acceptors (Lipinski definition) is 4. The summed E-state index contributed by atoms with van der Waals surface area (Å²) in [5.74, 6) is 0.539. The molecule has 16 heavy (non-hydrogen) atoms. The Hall–Kier alpha value is -2.17. The molecule has 0 aliphatic heterocycles. The van der Waals surface area contributed by atoms with Crippen molar-refractivity contribution in [1.82, 2.24) is 9.97 Å². The predicted molar refractivity (Wildman–Crippen MR) is 61.4 cm³/mol. The maximum atomic E-state index is 12.8. The fraction of sp³-hybridized carbons (Fsp3) is 0.0909. The number of halogens is 1. The van der Waals surface area contributed by atoms with Crippen LogP contribution in [-0.4, -0.2) is 17.0 Å². The van der Waals surface area contributed by atoms with E-state index in [0.717, 1.165) is 5.56 Å². The van der Waals surface area contributed by atoms with E-state index in [1.165, 1.54) is 12.1 Å². The standard InChI is InChI=1S/C11H11FN4/c1-14-11-15-9(6-10(13)16-11)7-2-4-8(12)5-3-7/h2-6H,1H3,(H3,13,14,15,16). The van der Waals surface area contributed by atoms with Gasteiger partial charge in [0.2, 0.25) is 5.95 Å². The second kappa shape index (κ2) is 4.14. The Morgan fingerprint density at radius 3 is 2.50 bits per heavy atom. The highest BCUT2D eigenvalue weighted by molar-refractivity contribution is 5.63. The van der Waals surface area contributed by atoms with Gasteiger partial charge < -0.3 is 11.1 Å². The molecule has 0 aliphatic carbocycles. The monoisotopic (exact) mass is 218 g/mol. The maximum absolute atomic E-state index is 12.8. The van der Waals surface area contributed by atoms with E-state index in [9.17, 15) is 4.39 Å². The topological polar surface area (TPSA) is 63.8 Å². The lowest BCUT2D eigenvalue weighted by Crippen LogP contribution is -2.01. The number of rotatable bonds is 2. The minimum atomic E-state index is -0.278. The lowest BCUT2D eigenvalue weighted by Gasteiger charge is -2.05. The minimum Gasteiger partial charge on any atom is -0.384 e. The first kappa shape index (κ1) is 10.4. The van der Waals surface area contributed by atoms with Crippen molar-refractivity contribution in [2.24, 2.45) is 0 Å². The summed E-state index contributed by atoms with van der Waals surface area (Å²) in [7, 11) is 1.71. The zero-order valence-electron chi connectivity index (χ0n) is 8.74. The molecule has 0 bridgehead atoms. The van der Waals surface area contributed by atoms with Gasteiger partial charge in [-0.1, -0.05) is 0 Å². The highest BCUT2D eigenvalue weighted by Crippen LogP contribution is 2.20. The van der Waals surface area contributed by atoms with E-state index in [-0.39, 0.29) is 5.82 Å². The number of nitrogens with one attached hydrogen (secondary N) is 1. The molecule has 82 valence electrons. The highest BCUT2D eigenvalue weighted by atomic mass is 19.1. The summed E-state index contributed by atoms with van der Waals surface area (Å²) in [6.45, 7) is 0. The summed E-state index contributed by atoms with van der Waals surface area (Å²) in [5, 5.41) is 2.81. The molecule has 0 atom stereocenters. The number of anilines is 2. The zero-order chi connectivity index (χ0) is 11.5. The second-order valence-corrected chi connectivity index (χ2v) is 3.26. The van der Waals surface area contributed by atoms with Crippen LogP contribution in [-0.2, 0) is 0 Å². The van der Waals surface area contributed by atoms with E-state index in [1.54, 1.807) is 25.2 Å². The van der Waals surface area contributed by atoms with Gasteiger partial charge in [0, 0.05) is 18.7 Å². The van der Waals surface area contributed by atoms with Crippen molar-refractivity contribution in [2.75, 3.05) is 18.1 Å².